The number of nitrogens with one attached hydrogen (secondary N) is 1. The summed E-state index contributed by atoms with van der Waals surface area (Å²) >= 11 is 1.33. The molecule has 0 radical (unpaired) electrons. The van der Waals surface area contributed by atoms with E-state index in [9.17, 15) is 19.2 Å². The molecule has 1 aromatic heterocycles. The van der Waals surface area contributed by atoms with Crippen molar-refractivity contribution < 1.29 is 19.2 Å². The van der Waals surface area contributed by atoms with Crippen LogP contribution in [0, 0.1) is 0 Å². The Morgan fingerprint density at radius 2 is 2.16 bits per heavy atom. The molecule has 2 atom stereocenters. The second-order valence-corrected chi connectivity index (χ2v) is 7.04. The Bertz CT molecular complexity index is 632. The quantitative estimate of drug-likeness (QED) is 0.454. The lowest BCUT2D eigenvalue weighted by Gasteiger charge is -2.37. The summed E-state index contributed by atoms with van der Waals surface area (Å²) in [5.41, 5.74) is 0. The van der Waals surface area contributed by atoms with Crippen LogP contribution in [0.3, 0.4) is 0 Å². The molecule has 1 aliphatic rings. The number of hydrogen-bond donors (Lipinski definition) is 1. The van der Waals surface area contributed by atoms with Gasteiger partial charge in [0.15, 0.2) is 0 Å². The number of carbonyl (C=O) groups excluding carboxylic acids is 4. The number of amides is 4. The van der Waals surface area contributed by atoms with Crippen molar-refractivity contribution in [3.05, 3.63) is 22.4 Å². The lowest BCUT2D eigenvalue weighted by Crippen LogP contribution is -2.62. The van der Waals surface area contributed by atoms with Crippen molar-refractivity contribution in [2.45, 2.75) is 45.2 Å². The molecule has 1 fully saturated rings. The minimum atomic E-state index is -0.844. The van der Waals surface area contributed by atoms with Gasteiger partial charge in [-0.2, -0.15) is 0 Å². The van der Waals surface area contributed by atoms with Crippen LogP contribution in [0.4, 0.5) is 4.79 Å². The van der Waals surface area contributed by atoms with Crippen LogP contribution in [0.5, 0.6) is 0 Å². The summed E-state index contributed by atoms with van der Waals surface area (Å²) in [7, 11) is 0. The van der Waals surface area contributed by atoms with Crippen molar-refractivity contribution >= 4 is 35.5 Å². The first-order valence-corrected chi connectivity index (χ1v) is 9.29. The number of aldehydes is 1. The first-order chi connectivity index (χ1) is 12.0. The molecule has 1 aromatic rings. The van der Waals surface area contributed by atoms with Crippen LogP contribution in [0.1, 0.15) is 44.0 Å². The smallest absolute Gasteiger partial charge is 0.325 e. The van der Waals surface area contributed by atoms with Crippen molar-refractivity contribution in [1.29, 1.82) is 0 Å². The summed E-state index contributed by atoms with van der Waals surface area (Å²) in [5.74, 6) is -1.51. The van der Waals surface area contributed by atoms with E-state index in [1.54, 1.807) is 24.4 Å². The van der Waals surface area contributed by atoms with E-state index in [4.69, 9.17) is 0 Å². The number of thiophene rings is 1. The molecule has 1 aliphatic heterocycles. The predicted molar refractivity (Wildman–Crippen MR) is 94.1 cm³/mol. The van der Waals surface area contributed by atoms with E-state index in [-0.39, 0.29) is 0 Å². The first-order valence-electron chi connectivity index (χ1n) is 8.41. The Labute approximate surface area is 151 Å². The van der Waals surface area contributed by atoms with Gasteiger partial charge in [0.25, 0.3) is 0 Å². The zero-order chi connectivity index (χ0) is 18.4. The summed E-state index contributed by atoms with van der Waals surface area (Å²) < 4.78 is 0. The molecule has 0 aromatic carbocycles. The third kappa shape index (κ3) is 4.45. The van der Waals surface area contributed by atoms with Crippen molar-refractivity contribution in [3.8, 4) is 0 Å². The van der Waals surface area contributed by atoms with E-state index in [0.717, 1.165) is 24.2 Å². The highest BCUT2D eigenvalue weighted by Gasteiger charge is 2.40. The molecule has 1 N–H and O–H groups in total. The van der Waals surface area contributed by atoms with Gasteiger partial charge in [-0.05, 0) is 24.8 Å². The van der Waals surface area contributed by atoms with Gasteiger partial charge in [0.1, 0.15) is 12.3 Å². The maximum absolute atomic E-state index is 12.5. The summed E-state index contributed by atoms with van der Waals surface area (Å²) in [6, 6.07) is 1.51. The van der Waals surface area contributed by atoms with E-state index < -0.39 is 29.9 Å². The van der Waals surface area contributed by atoms with E-state index in [0.29, 0.717) is 24.3 Å². The average Bonchev–Trinajstić information content (AvgIpc) is 3.11. The number of unbranched alkanes of at least 4 members (excludes halogenated alkanes) is 2. The zero-order valence-corrected chi connectivity index (χ0v) is 15.3. The lowest BCUT2D eigenvalue weighted by atomic mass is 10.1. The van der Waals surface area contributed by atoms with Gasteiger partial charge >= 0.3 is 17.8 Å². The van der Waals surface area contributed by atoms with Crippen LogP contribution in [-0.4, -0.2) is 53.1 Å². The van der Waals surface area contributed by atoms with Crippen molar-refractivity contribution in [3.63, 3.8) is 0 Å². The number of rotatable bonds is 7. The molecule has 7 nitrogen and oxygen atoms in total. The average molecular weight is 365 g/mol. The number of imide groups is 1. The molecular weight excluding hydrogens is 342 g/mol. The fraction of sp³-hybridized carbons (Fsp3) is 0.529. The van der Waals surface area contributed by atoms with Crippen molar-refractivity contribution in [2.24, 2.45) is 0 Å². The minimum absolute atomic E-state index is 0.312. The SMILES string of the molecule is CCCCCN1C[C@H](C)N(C(=O)NC(C=O)c2cccs2)C(=O)C1=O. The molecule has 1 unspecified atom stereocenters. The zero-order valence-electron chi connectivity index (χ0n) is 14.4. The number of hydrogen-bond acceptors (Lipinski definition) is 5. The Morgan fingerprint density at radius 1 is 1.40 bits per heavy atom. The van der Waals surface area contributed by atoms with Gasteiger partial charge in [-0.25, -0.2) is 4.79 Å². The molecule has 25 heavy (non-hydrogen) atoms. The minimum Gasteiger partial charge on any atom is -0.332 e. The summed E-state index contributed by atoms with van der Waals surface area (Å²) in [6.45, 7) is 4.61. The van der Waals surface area contributed by atoms with Gasteiger partial charge in [0, 0.05) is 18.0 Å². The van der Waals surface area contributed by atoms with Crippen LogP contribution in [-0.2, 0) is 14.4 Å². The Morgan fingerprint density at radius 3 is 2.76 bits per heavy atom. The Kier molecular flexibility index (Phi) is 6.69. The topological polar surface area (TPSA) is 86.8 Å². The second kappa shape index (κ2) is 8.75. The van der Waals surface area contributed by atoms with E-state index in [2.05, 4.69) is 12.2 Å². The second-order valence-electron chi connectivity index (χ2n) is 6.06. The molecule has 4 amide bonds. The number of piperazine rings is 1. The molecule has 2 heterocycles. The fourth-order valence-corrected chi connectivity index (χ4v) is 3.54. The summed E-state index contributed by atoms with van der Waals surface area (Å²) in [4.78, 5) is 51.4. The standard InChI is InChI=1S/C17H23N3O4S/c1-3-4-5-8-19-10-12(2)20(16(23)15(19)22)17(24)18-13(11-21)14-7-6-9-25-14/h6-7,9,11-13H,3-5,8,10H2,1-2H3,(H,18,24)/t12-,13?/m0/s1. The summed E-state index contributed by atoms with van der Waals surface area (Å²) in [6.07, 6.45) is 3.45. The highest BCUT2D eigenvalue weighted by Crippen LogP contribution is 2.19. The number of nitrogens with zero attached hydrogens (tertiary/aromatic N) is 2. The molecule has 0 saturated carbocycles. The van der Waals surface area contributed by atoms with Gasteiger partial charge in [-0.3, -0.25) is 14.5 Å². The largest absolute Gasteiger partial charge is 0.332 e. The normalized spacial score (nSPS) is 19.0. The van der Waals surface area contributed by atoms with Crippen molar-refractivity contribution in [1.82, 2.24) is 15.1 Å². The number of carbonyl (C=O) groups is 4. The van der Waals surface area contributed by atoms with Crippen LogP contribution < -0.4 is 5.32 Å². The van der Waals surface area contributed by atoms with Crippen LogP contribution in [0.25, 0.3) is 0 Å². The van der Waals surface area contributed by atoms with Gasteiger partial charge in [0.2, 0.25) is 0 Å². The third-order valence-corrected chi connectivity index (χ3v) is 5.08. The maximum atomic E-state index is 12.5. The molecule has 8 heteroatoms. The van der Waals surface area contributed by atoms with Crippen LogP contribution >= 0.6 is 11.3 Å². The monoisotopic (exact) mass is 365 g/mol. The van der Waals surface area contributed by atoms with Gasteiger partial charge in [-0.1, -0.05) is 25.8 Å². The van der Waals surface area contributed by atoms with E-state index in [1.807, 2.05) is 0 Å². The number of urea groups is 1. The van der Waals surface area contributed by atoms with Gasteiger partial charge < -0.3 is 15.0 Å². The molecule has 0 bridgehead atoms. The molecular formula is C17H23N3O4S. The lowest BCUT2D eigenvalue weighted by molar-refractivity contribution is -0.156. The Hall–Kier alpha value is -2.22. The Balaban J connectivity index is 2.03. The van der Waals surface area contributed by atoms with Crippen molar-refractivity contribution in [2.75, 3.05) is 13.1 Å². The first kappa shape index (κ1) is 19.1. The molecule has 1 saturated heterocycles. The predicted octanol–water partition coefficient (Wildman–Crippen LogP) is 1.95. The highest BCUT2D eigenvalue weighted by atomic mass is 32.1. The van der Waals surface area contributed by atoms with Crippen LogP contribution in [0.2, 0.25) is 0 Å². The van der Waals surface area contributed by atoms with E-state index in [1.165, 1.54) is 16.2 Å². The molecule has 2 rings (SSSR count). The van der Waals surface area contributed by atoms with Gasteiger partial charge in [0.05, 0.1) is 6.04 Å². The maximum Gasteiger partial charge on any atom is 0.325 e. The molecule has 0 aliphatic carbocycles. The van der Waals surface area contributed by atoms with Crippen LogP contribution in [0.15, 0.2) is 17.5 Å². The van der Waals surface area contributed by atoms with Gasteiger partial charge in [-0.15, -0.1) is 11.3 Å². The molecule has 136 valence electrons. The van der Waals surface area contributed by atoms with E-state index >= 15 is 0 Å². The molecule has 0 spiro atoms. The summed E-state index contributed by atoms with van der Waals surface area (Å²) in [5, 5.41) is 4.32. The highest BCUT2D eigenvalue weighted by molar-refractivity contribution is 7.10. The third-order valence-electron chi connectivity index (χ3n) is 4.13. The fourth-order valence-electron chi connectivity index (χ4n) is 2.80.